The number of hydrogen-bond donors (Lipinski definition) is 0. The third kappa shape index (κ3) is 3.11. The summed E-state index contributed by atoms with van der Waals surface area (Å²) in [6.07, 6.45) is 3.39. The summed E-state index contributed by atoms with van der Waals surface area (Å²) in [6.45, 7) is 5.57. The van der Waals surface area contributed by atoms with E-state index >= 15 is 0 Å². The van der Waals surface area contributed by atoms with Crippen molar-refractivity contribution in [2.45, 2.75) is 32.1 Å². The van der Waals surface area contributed by atoms with E-state index in [1.807, 2.05) is 0 Å². The predicted molar refractivity (Wildman–Crippen MR) is 104 cm³/mol. The third-order valence-electron chi connectivity index (χ3n) is 5.26. The van der Waals surface area contributed by atoms with Crippen molar-refractivity contribution in [1.29, 1.82) is 0 Å². The van der Waals surface area contributed by atoms with Gasteiger partial charge in [-0.25, -0.2) is 0 Å². The molecule has 6 nitrogen and oxygen atoms in total. The van der Waals surface area contributed by atoms with Gasteiger partial charge in [-0.2, -0.15) is 0 Å². The number of hydrogen-bond acceptors (Lipinski definition) is 6. The first-order valence-electron chi connectivity index (χ1n) is 9.19. The van der Waals surface area contributed by atoms with Crippen LogP contribution in [0.25, 0.3) is 0 Å². The van der Waals surface area contributed by atoms with Crippen molar-refractivity contribution in [1.82, 2.24) is 0 Å². The van der Waals surface area contributed by atoms with Crippen LogP contribution in [0.1, 0.15) is 37.7 Å². The maximum Gasteiger partial charge on any atom is 0.315 e. The van der Waals surface area contributed by atoms with Gasteiger partial charge in [0.2, 0.25) is 6.79 Å². The molecule has 2 aliphatic heterocycles. The highest BCUT2D eigenvalue weighted by molar-refractivity contribution is 6.32. The molecule has 146 valence electrons. The molecule has 0 bridgehead atoms. The molecule has 2 heterocycles. The Bertz CT molecular complexity index is 933. The van der Waals surface area contributed by atoms with Gasteiger partial charge >= 0.3 is 5.97 Å². The molecule has 0 saturated carbocycles. The molecule has 2 atom stereocenters. The maximum atomic E-state index is 12.9. The minimum atomic E-state index is -0.737. The SMILES string of the molecule is C=CCOC(=O)C1C(C)=NC2=C(C(=O)CCC2)[C@@H]1c1cc2c(cc1Cl)OCO2. The fraction of sp³-hybridized carbons (Fsp3) is 0.381. The smallest absolute Gasteiger partial charge is 0.315 e. The summed E-state index contributed by atoms with van der Waals surface area (Å²) in [4.78, 5) is 30.3. The largest absolute Gasteiger partial charge is 0.461 e. The van der Waals surface area contributed by atoms with Gasteiger partial charge in [-0.15, -0.1) is 0 Å². The number of ketones is 1. The number of allylic oxidation sites excluding steroid dienone is 2. The fourth-order valence-corrected chi connectivity index (χ4v) is 4.32. The number of ether oxygens (including phenoxy) is 3. The summed E-state index contributed by atoms with van der Waals surface area (Å²) in [5.74, 6) is -0.672. The molecule has 0 spiro atoms. The Morgan fingerprint density at radius 3 is 2.86 bits per heavy atom. The van der Waals surface area contributed by atoms with Crippen molar-refractivity contribution >= 4 is 29.1 Å². The highest BCUT2D eigenvalue weighted by Gasteiger charge is 2.44. The zero-order valence-electron chi connectivity index (χ0n) is 15.5. The lowest BCUT2D eigenvalue weighted by Crippen LogP contribution is -2.37. The Hall–Kier alpha value is -2.60. The van der Waals surface area contributed by atoms with E-state index in [9.17, 15) is 9.59 Å². The molecule has 0 amide bonds. The Morgan fingerprint density at radius 1 is 1.36 bits per heavy atom. The quantitative estimate of drug-likeness (QED) is 0.563. The molecule has 0 saturated heterocycles. The van der Waals surface area contributed by atoms with Crippen LogP contribution in [0.5, 0.6) is 11.5 Å². The number of Topliss-reactive ketones (excluding diaryl/α,β-unsaturated/α-hetero) is 1. The number of rotatable bonds is 4. The predicted octanol–water partition coefficient (Wildman–Crippen LogP) is 3.98. The molecule has 0 radical (unpaired) electrons. The van der Waals surface area contributed by atoms with Crippen LogP contribution in [-0.4, -0.2) is 30.9 Å². The van der Waals surface area contributed by atoms with Crippen LogP contribution in [0.15, 0.2) is 41.1 Å². The molecule has 4 rings (SSSR count). The normalized spacial score (nSPS) is 23.2. The molecule has 1 unspecified atom stereocenters. The standard InChI is InChI=1S/C21H20ClNO5/c1-3-7-26-21(25)18-11(2)23-14-5-4-6-15(24)20(14)19(18)12-8-16-17(9-13(12)22)28-10-27-16/h3,8-9,18-19H,1,4-7,10H2,2H3/t18?,19-/m1/s1. The number of carbonyl (C=O) groups excluding carboxylic acids is 2. The summed E-state index contributed by atoms with van der Waals surface area (Å²) >= 11 is 6.56. The first-order chi connectivity index (χ1) is 13.5. The molecule has 3 aliphatic rings. The number of aliphatic imine (C=N–C) groups is 1. The molecule has 1 aliphatic carbocycles. The minimum Gasteiger partial charge on any atom is -0.461 e. The van der Waals surface area contributed by atoms with E-state index in [1.54, 1.807) is 19.1 Å². The van der Waals surface area contributed by atoms with E-state index in [0.29, 0.717) is 46.2 Å². The van der Waals surface area contributed by atoms with Gasteiger partial charge < -0.3 is 14.2 Å². The molecule has 0 aromatic heterocycles. The number of carbonyl (C=O) groups is 2. The average molecular weight is 402 g/mol. The molecule has 0 N–H and O–H groups in total. The zero-order valence-corrected chi connectivity index (χ0v) is 16.3. The van der Waals surface area contributed by atoms with Crippen LogP contribution >= 0.6 is 11.6 Å². The summed E-state index contributed by atoms with van der Waals surface area (Å²) in [5.41, 5.74) is 2.54. The Labute approximate surface area is 167 Å². The van der Waals surface area contributed by atoms with Crippen molar-refractivity contribution in [2.24, 2.45) is 10.9 Å². The highest BCUT2D eigenvalue weighted by Crippen LogP contribution is 2.48. The van der Waals surface area contributed by atoms with Crippen LogP contribution in [0, 0.1) is 5.92 Å². The van der Waals surface area contributed by atoms with E-state index in [2.05, 4.69) is 11.6 Å². The summed E-state index contributed by atoms with van der Waals surface area (Å²) in [6, 6.07) is 3.42. The van der Waals surface area contributed by atoms with Crippen LogP contribution in [-0.2, 0) is 14.3 Å². The van der Waals surface area contributed by atoms with E-state index in [4.69, 9.17) is 25.8 Å². The highest BCUT2D eigenvalue weighted by atomic mass is 35.5. The molecule has 28 heavy (non-hydrogen) atoms. The van der Waals surface area contributed by atoms with Crippen LogP contribution in [0.2, 0.25) is 5.02 Å². The van der Waals surface area contributed by atoms with Gasteiger partial charge in [-0.05, 0) is 31.4 Å². The Morgan fingerprint density at radius 2 is 2.11 bits per heavy atom. The van der Waals surface area contributed by atoms with Crippen molar-refractivity contribution in [3.8, 4) is 11.5 Å². The molecule has 0 fully saturated rings. The van der Waals surface area contributed by atoms with Gasteiger partial charge in [-0.1, -0.05) is 24.3 Å². The van der Waals surface area contributed by atoms with Crippen LogP contribution in [0.3, 0.4) is 0 Å². The van der Waals surface area contributed by atoms with Gasteiger partial charge in [0.15, 0.2) is 17.3 Å². The number of nitrogens with zero attached hydrogens (tertiary/aromatic N) is 1. The lowest BCUT2D eigenvalue weighted by molar-refractivity contribution is -0.145. The fourth-order valence-electron chi connectivity index (χ4n) is 4.05. The van der Waals surface area contributed by atoms with Gasteiger partial charge in [-0.3, -0.25) is 14.6 Å². The van der Waals surface area contributed by atoms with E-state index < -0.39 is 17.8 Å². The topological polar surface area (TPSA) is 74.2 Å². The maximum absolute atomic E-state index is 12.9. The zero-order chi connectivity index (χ0) is 19.8. The van der Waals surface area contributed by atoms with Gasteiger partial charge in [0.05, 0.1) is 0 Å². The number of halogens is 1. The molecular formula is C21H20ClNO5. The van der Waals surface area contributed by atoms with Gasteiger partial charge in [0.25, 0.3) is 0 Å². The monoisotopic (exact) mass is 401 g/mol. The van der Waals surface area contributed by atoms with Crippen molar-refractivity contribution in [3.05, 3.63) is 46.6 Å². The van der Waals surface area contributed by atoms with Crippen LogP contribution < -0.4 is 9.47 Å². The summed E-state index contributed by atoms with van der Waals surface area (Å²) in [5, 5.41) is 0.413. The first-order valence-corrected chi connectivity index (χ1v) is 9.57. The molecule has 1 aromatic carbocycles. The second-order valence-electron chi connectivity index (χ2n) is 6.99. The number of benzene rings is 1. The van der Waals surface area contributed by atoms with E-state index in [0.717, 1.165) is 12.1 Å². The second-order valence-corrected chi connectivity index (χ2v) is 7.40. The first kappa shape index (κ1) is 18.7. The summed E-state index contributed by atoms with van der Waals surface area (Å²) < 4.78 is 16.2. The minimum absolute atomic E-state index is 0.00208. The Balaban J connectivity index is 1.87. The van der Waals surface area contributed by atoms with Crippen LogP contribution in [0.4, 0.5) is 0 Å². The molecule has 1 aromatic rings. The average Bonchev–Trinajstić information content (AvgIpc) is 3.11. The van der Waals surface area contributed by atoms with Crippen molar-refractivity contribution in [2.75, 3.05) is 13.4 Å². The lowest BCUT2D eigenvalue weighted by Gasteiger charge is -2.34. The van der Waals surface area contributed by atoms with Gasteiger partial charge in [0.1, 0.15) is 12.5 Å². The van der Waals surface area contributed by atoms with Crippen molar-refractivity contribution < 1.29 is 23.8 Å². The number of esters is 1. The second kappa shape index (κ2) is 7.43. The number of fused-ring (bicyclic) bond motifs is 1. The van der Waals surface area contributed by atoms with E-state index in [1.165, 1.54) is 6.08 Å². The summed E-state index contributed by atoms with van der Waals surface area (Å²) in [7, 11) is 0. The third-order valence-corrected chi connectivity index (χ3v) is 5.59. The molecule has 7 heteroatoms. The Kier molecular flexibility index (Phi) is 4.98. The van der Waals surface area contributed by atoms with Crippen molar-refractivity contribution in [3.63, 3.8) is 0 Å². The lowest BCUT2D eigenvalue weighted by atomic mass is 9.71. The van der Waals surface area contributed by atoms with E-state index in [-0.39, 0.29) is 19.2 Å². The van der Waals surface area contributed by atoms with Gasteiger partial charge in [0, 0.05) is 40.4 Å². The molecular weight excluding hydrogens is 382 g/mol.